The number of hydrogen-bond donors (Lipinski definition) is 1. The molecular weight excluding hydrogens is 258 g/mol. The molecule has 0 bridgehead atoms. The van der Waals surface area contributed by atoms with Crippen LogP contribution in [-0.2, 0) is 0 Å². The van der Waals surface area contributed by atoms with Crippen molar-refractivity contribution in [1.29, 1.82) is 0 Å². The highest BCUT2D eigenvalue weighted by atomic mass is 15.2. The van der Waals surface area contributed by atoms with E-state index in [1.165, 1.54) is 5.56 Å². The van der Waals surface area contributed by atoms with Gasteiger partial charge in [-0.15, -0.1) is 0 Å². The standard InChI is InChI=1S/C18H17N3/c1-3-16-17(14-7-5-4-6-8-14)21(18(19)20-16)15-11-9-13(2)10-12-15/h3-12H,1H2,2H3,(H2,19,20). The molecule has 0 unspecified atom stereocenters. The van der Waals surface area contributed by atoms with E-state index in [1.807, 2.05) is 47.0 Å². The molecule has 1 heterocycles. The number of hydrogen-bond acceptors (Lipinski definition) is 2. The molecule has 0 aliphatic carbocycles. The average molecular weight is 275 g/mol. The third-order valence-electron chi connectivity index (χ3n) is 3.46. The summed E-state index contributed by atoms with van der Waals surface area (Å²) < 4.78 is 1.96. The largest absolute Gasteiger partial charge is 0.369 e. The van der Waals surface area contributed by atoms with Gasteiger partial charge in [-0.25, -0.2) is 4.98 Å². The van der Waals surface area contributed by atoms with Gasteiger partial charge in [0.2, 0.25) is 5.95 Å². The Morgan fingerprint density at radius 3 is 2.33 bits per heavy atom. The van der Waals surface area contributed by atoms with Gasteiger partial charge in [0, 0.05) is 11.3 Å². The first kappa shape index (κ1) is 13.2. The smallest absolute Gasteiger partial charge is 0.205 e. The lowest BCUT2D eigenvalue weighted by molar-refractivity contribution is 1.08. The van der Waals surface area contributed by atoms with Gasteiger partial charge in [0.1, 0.15) is 0 Å². The van der Waals surface area contributed by atoms with Gasteiger partial charge in [-0.3, -0.25) is 4.57 Å². The Morgan fingerprint density at radius 1 is 1.05 bits per heavy atom. The summed E-state index contributed by atoms with van der Waals surface area (Å²) in [6, 6.07) is 18.3. The van der Waals surface area contributed by atoms with Gasteiger partial charge in [0.15, 0.2) is 0 Å². The van der Waals surface area contributed by atoms with Gasteiger partial charge in [0.05, 0.1) is 11.4 Å². The lowest BCUT2D eigenvalue weighted by atomic mass is 10.1. The first-order valence-electron chi connectivity index (χ1n) is 6.84. The number of rotatable bonds is 3. The highest BCUT2D eigenvalue weighted by molar-refractivity contribution is 5.74. The number of anilines is 1. The summed E-state index contributed by atoms with van der Waals surface area (Å²) in [6.07, 6.45) is 1.74. The zero-order valence-electron chi connectivity index (χ0n) is 12.0. The van der Waals surface area contributed by atoms with Crippen LogP contribution in [0.15, 0.2) is 61.2 Å². The van der Waals surface area contributed by atoms with Gasteiger partial charge in [0.25, 0.3) is 0 Å². The van der Waals surface area contributed by atoms with E-state index in [1.54, 1.807) is 6.08 Å². The second kappa shape index (κ2) is 5.29. The first-order chi connectivity index (χ1) is 10.2. The van der Waals surface area contributed by atoms with Crippen LogP contribution in [-0.4, -0.2) is 9.55 Å². The number of imidazole rings is 1. The maximum Gasteiger partial charge on any atom is 0.205 e. The molecular formula is C18H17N3. The van der Waals surface area contributed by atoms with Crippen molar-refractivity contribution in [2.45, 2.75) is 6.92 Å². The fourth-order valence-electron chi connectivity index (χ4n) is 2.43. The predicted molar refractivity (Wildman–Crippen MR) is 88.2 cm³/mol. The Hall–Kier alpha value is -2.81. The number of aryl methyl sites for hydroxylation is 1. The molecule has 21 heavy (non-hydrogen) atoms. The van der Waals surface area contributed by atoms with Crippen molar-refractivity contribution in [1.82, 2.24) is 9.55 Å². The van der Waals surface area contributed by atoms with Gasteiger partial charge in [-0.05, 0) is 25.1 Å². The summed E-state index contributed by atoms with van der Waals surface area (Å²) in [6.45, 7) is 5.91. The van der Waals surface area contributed by atoms with Crippen LogP contribution in [0.1, 0.15) is 11.3 Å². The number of nitrogens with zero attached hydrogens (tertiary/aromatic N) is 2. The van der Waals surface area contributed by atoms with Crippen molar-refractivity contribution in [3.05, 3.63) is 72.4 Å². The minimum atomic E-state index is 0.465. The van der Waals surface area contributed by atoms with Crippen LogP contribution in [0, 0.1) is 6.92 Å². The molecule has 0 radical (unpaired) electrons. The van der Waals surface area contributed by atoms with Crippen LogP contribution < -0.4 is 5.73 Å². The summed E-state index contributed by atoms with van der Waals surface area (Å²) in [5.74, 6) is 0.465. The maximum atomic E-state index is 6.13. The molecule has 0 spiro atoms. The highest BCUT2D eigenvalue weighted by Crippen LogP contribution is 2.30. The molecule has 3 nitrogen and oxygen atoms in total. The molecule has 2 N–H and O–H groups in total. The van der Waals surface area contributed by atoms with E-state index >= 15 is 0 Å². The zero-order chi connectivity index (χ0) is 14.8. The van der Waals surface area contributed by atoms with Crippen LogP contribution >= 0.6 is 0 Å². The molecule has 0 amide bonds. The van der Waals surface area contributed by atoms with Crippen molar-refractivity contribution >= 4 is 12.0 Å². The van der Waals surface area contributed by atoms with Crippen molar-refractivity contribution in [2.75, 3.05) is 5.73 Å². The average Bonchev–Trinajstić information content (AvgIpc) is 2.85. The summed E-state index contributed by atoms with van der Waals surface area (Å²) in [7, 11) is 0. The number of aromatic nitrogens is 2. The van der Waals surface area contributed by atoms with Gasteiger partial charge in [-0.1, -0.05) is 54.6 Å². The quantitative estimate of drug-likeness (QED) is 0.783. The van der Waals surface area contributed by atoms with Crippen molar-refractivity contribution in [3.8, 4) is 16.9 Å². The van der Waals surface area contributed by atoms with E-state index in [0.717, 1.165) is 22.6 Å². The molecule has 104 valence electrons. The molecule has 3 rings (SSSR count). The summed E-state index contributed by atoms with van der Waals surface area (Å²) in [4.78, 5) is 4.43. The molecule has 3 heteroatoms. The molecule has 3 aromatic rings. The second-order valence-corrected chi connectivity index (χ2v) is 4.94. The van der Waals surface area contributed by atoms with Crippen LogP contribution in [0.3, 0.4) is 0 Å². The lowest BCUT2D eigenvalue weighted by Gasteiger charge is -2.11. The van der Waals surface area contributed by atoms with Gasteiger partial charge >= 0.3 is 0 Å². The molecule has 0 atom stereocenters. The second-order valence-electron chi connectivity index (χ2n) is 4.94. The minimum absolute atomic E-state index is 0.465. The fraction of sp³-hybridized carbons (Fsp3) is 0.0556. The highest BCUT2D eigenvalue weighted by Gasteiger charge is 2.16. The molecule has 0 aliphatic rings. The molecule has 0 aliphatic heterocycles. The molecule has 0 saturated carbocycles. The monoisotopic (exact) mass is 275 g/mol. The normalized spacial score (nSPS) is 10.5. The number of nitrogen functional groups attached to an aromatic ring is 1. The van der Waals surface area contributed by atoms with Crippen LogP contribution in [0.4, 0.5) is 5.95 Å². The SMILES string of the molecule is C=Cc1nc(N)n(-c2ccc(C)cc2)c1-c1ccccc1. The molecule has 0 saturated heterocycles. The van der Waals surface area contributed by atoms with Crippen LogP contribution in [0.25, 0.3) is 23.0 Å². The van der Waals surface area contributed by atoms with E-state index in [0.29, 0.717) is 5.95 Å². The number of benzene rings is 2. The summed E-state index contributed by atoms with van der Waals surface area (Å²) in [5, 5.41) is 0. The zero-order valence-corrected chi connectivity index (χ0v) is 12.0. The Bertz CT molecular complexity index is 768. The van der Waals surface area contributed by atoms with Gasteiger partial charge < -0.3 is 5.73 Å². The predicted octanol–water partition coefficient (Wildman–Crippen LogP) is 4.07. The Kier molecular flexibility index (Phi) is 3.32. The summed E-state index contributed by atoms with van der Waals surface area (Å²) in [5.41, 5.74) is 11.2. The first-order valence-corrected chi connectivity index (χ1v) is 6.84. The Morgan fingerprint density at radius 2 is 1.71 bits per heavy atom. The van der Waals surface area contributed by atoms with Crippen molar-refractivity contribution in [2.24, 2.45) is 0 Å². The molecule has 1 aromatic heterocycles. The lowest BCUT2D eigenvalue weighted by Crippen LogP contribution is -2.02. The van der Waals surface area contributed by atoms with E-state index in [2.05, 4.69) is 30.6 Å². The Labute approximate surface area is 124 Å². The van der Waals surface area contributed by atoms with E-state index in [9.17, 15) is 0 Å². The van der Waals surface area contributed by atoms with E-state index in [4.69, 9.17) is 5.73 Å². The van der Waals surface area contributed by atoms with E-state index < -0.39 is 0 Å². The fourth-order valence-corrected chi connectivity index (χ4v) is 2.43. The van der Waals surface area contributed by atoms with Crippen LogP contribution in [0.2, 0.25) is 0 Å². The topological polar surface area (TPSA) is 43.8 Å². The molecule has 2 aromatic carbocycles. The van der Waals surface area contributed by atoms with Crippen LogP contribution in [0.5, 0.6) is 0 Å². The van der Waals surface area contributed by atoms with E-state index in [-0.39, 0.29) is 0 Å². The Balaban J connectivity index is 2.27. The molecule has 0 fully saturated rings. The van der Waals surface area contributed by atoms with Crippen molar-refractivity contribution in [3.63, 3.8) is 0 Å². The van der Waals surface area contributed by atoms with Gasteiger partial charge in [-0.2, -0.15) is 0 Å². The third-order valence-corrected chi connectivity index (χ3v) is 3.46. The minimum Gasteiger partial charge on any atom is -0.369 e. The number of nitrogens with two attached hydrogens (primary N) is 1. The summed E-state index contributed by atoms with van der Waals surface area (Å²) >= 11 is 0. The maximum absolute atomic E-state index is 6.13. The third kappa shape index (κ3) is 2.34. The van der Waals surface area contributed by atoms with Crippen molar-refractivity contribution < 1.29 is 0 Å².